The molecule has 4 heteroatoms. The van der Waals surface area contributed by atoms with Crippen LogP contribution in [0.5, 0.6) is 0 Å². The maximum atomic E-state index is 12.1. The van der Waals surface area contributed by atoms with E-state index < -0.39 is 5.54 Å². The molecule has 0 bridgehead atoms. The van der Waals surface area contributed by atoms with Gasteiger partial charge in [-0.1, -0.05) is 13.3 Å². The maximum Gasteiger partial charge on any atom is 0.326 e. The molecule has 0 aromatic rings. The Kier molecular flexibility index (Phi) is 5.44. The van der Waals surface area contributed by atoms with Crippen molar-refractivity contribution in [3.8, 4) is 0 Å². The third-order valence-corrected chi connectivity index (χ3v) is 5.20. The predicted molar refractivity (Wildman–Crippen MR) is 80.3 cm³/mol. The van der Waals surface area contributed by atoms with Crippen LogP contribution in [0.1, 0.15) is 52.4 Å². The largest absolute Gasteiger partial charge is 0.465 e. The SMILES string of the molecule is CCOC(=O)C1(N)CCCC1CCN1CCC(C)CC1. The van der Waals surface area contributed by atoms with Gasteiger partial charge in [-0.2, -0.15) is 0 Å². The second kappa shape index (κ2) is 6.90. The second-order valence-electron chi connectivity index (χ2n) is 6.66. The number of likely N-dealkylation sites (tertiary alicyclic amines) is 1. The summed E-state index contributed by atoms with van der Waals surface area (Å²) < 4.78 is 5.19. The first kappa shape index (κ1) is 15.8. The zero-order chi connectivity index (χ0) is 14.6. The van der Waals surface area contributed by atoms with Crippen LogP contribution in [0.25, 0.3) is 0 Å². The van der Waals surface area contributed by atoms with Crippen LogP contribution in [0.4, 0.5) is 0 Å². The fraction of sp³-hybridized carbons (Fsp3) is 0.938. The lowest BCUT2D eigenvalue weighted by atomic mass is 9.85. The van der Waals surface area contributed by atoms with Crippen molar-refractivity contribution in [1.82, 2.24) is 4.90 Å². The molecule has 0 spiro atoms. The summed E-state index contributed by atoms with van der Waals surface area (Å²) in [4.78, 5) is 14.6. The highest BCUT2D eigenvalue weighted by atomic mass is 16.5. The fourth-order valence-electron chi connectivity index (χ4n) is 3.66. The lowest BCUT2D eigenvalue weighted by Crippen LogP contribution is -2.52. The van der Waals surface area contributed by atoms with Crippen molar-refractivity contribution in [3.05, 3.63) is 0 Å². The smallest absolute Gasteiger partial charge is 0.326 e. The Morgan fingerprint density at radius 2 is 2.05 bits per heavy atom. The Balaban J connectivity index is 1.83. The standard InChI is InChI=1S/C16H30N2O2/c1-3-20-15(19)16(17)9-4-5-14(16)8-12-18-10-6-13(2)7-11-18/h13-14H,3-12,17H2,1-2H3. The number of esters is 1. The quantitative estimate of drug-likeness (QED) is 0.785. The molecular weight excluding hydrogens is 252 g/mol. The first-order chi connectivity index (χ1) is 9.56. The molecule has 2 N–H and O–H groups in total. The van der Waals surface area contributed by atoms with E-state index in [9.17, 15) is 4.79 Å². The highest BCUT2D eigenvalue weighted by molar-refractivity contribution is 5.81. The Morgan fingerprint density at radius 3 is 2.70 bits per heavy atom. The highest BCUT2D eigenvalue weighted by Gasteiger charge is 2.46. The molecule has 1 saturated heterocycles. The molecule has 1 saturated carbocycles. The van der Waals surface area contributed by atoms with Crippen molar-refractivity contribution < 1.29 is 9.53 Å². The van der Waals surface area contributed by atoms with Gasteiger partial charge < -0.3 is 15.4 Å². The van der Waals surface area contributed by atoms with E-state index >= 15 is 0 Å². The maximum absolute atomic E-state index is 12.1. The molecule has 1 aliphatic heterocycles. The van der Waals surface area contributed by atoms with Gasteiger partial charge in [-0.3, -0.25) is 4.79 Å². The number of carbonyl (C=O) groups is 1. The minimum absolute atomic E-state index is 0.185. The molecule has 2 atom stereocenters. The van der Waals surface area contributed by atoms with Gasteiger partial charge in [-0.05, 0) is 70.5 Å². The molecule has 0 aromatic heterocycles. The lowest BCUT2D eigenvalue weighted by Gasteiger charge is -2.33. The van der Waals surface area contributed by atoms with E-state index in [-0.39, 0.29) is 5.97 Å². The minimum Gasteiger partial charge on any atom is -0.465 e. The van der Waals surface area contributed by atoms with Gasteiger partial charge >= 0.3 is 5.97 Å². The van der Waals surface area contributed by atoms with Gasteiger partial charge in [-0.25, -0.2) is 0 Å². The van der Waals surface area contributed by atoms with Crippen molar-refractivity contribution in [3.63, 3.8) is 0 Å². The highest BCUT2D eigenvalue weighted by Crippen LogP contribution is 2.37. The molecule has 4 nitrogen and oxygen atoms in total. The molecule has 2 fully saturated rings. The lowest BCUT2D eigenvalue weighted by molar-refractivity contribution is -0.151. The molecule has 2 unspecified atom stereocenters. The van der Waals surface area contributed by atoms with Crippen molar-refractivity contribution in [2.45, 2.75) is 57.9 Å². The van der Waals surface area contributed by atoms with Gasteiger partial charge in [0.05, 0.1) is 6.61 Å². The Labute approximate surface area is 123 Å². The zero-order valence-electron chi connectivity index (χ0n) is 13.1. The molecule has 2 rings (SSSR count). The Bertz CT molecular complexity index is 326. The van der Waals surface area contributed by atoms with E-state index in [4.69, 9.17) is 10.5 Å². The average Bonchev–Trinajstić information content (AvgIpc) is 2.81. The summed E-state index contributed by atoms with van der Waals surface area (Å²) in [5.41, 5.74) is 5.65. The number of piperidine rings is 1. The van der Waals surface area contributed by atoms with Crippen molar-refractivity contribution in [2.24, 2.45) is 17.6 Å². The van der Waals surface area contributed by atoms with Gasteiger partial charge in [0.2, 0.25) is 0 Å². The van der Waals surface area contributed by atoms with E-state index in [1.165, 1.54) is 25.9 Å². The van der Waals surface area contributed by atoms with E-state index in [0.717, 1.165) is 38.1 Å². The predicted octanol–water partition coefficient (Wildman–Crippen LogP) is 2.17. The summed E-state index contributed by atoms with van der Waals surface area (Å²) in [6.07, 6.45) is 6.54. The van der Waals surface area contributed by atoms with Crippen LogP contribution in [0, 0.1) is 11.8 Å². The fourth-order valence-corrected chi connectivity index (χ4v) is 3.66. The number of ether oxygens (including phenoxy) is 1. The molecular formula is C16H30N2O2. The molecule has 20 heavy (non-hydrogen) atoms. The molecule has 0 radical (unpaired) electrons. The van der Waals surface area contributed by atoms with Crippen molar-refractivity contribution >= 4 is 5.97 Å². The Morgan fingerprint density at radius 1 is 1.35 bits per heavy atom. The zero-order valence-corrected chi connectivity index (χ0v) is 13.1. The van der Waals surface area contributed by atoms with Crippen LogP contribution in [0.2, 0.25) is 0 Å². The molecule has 1 heterocycles. The number of rotatable bonds is 5. The van der Waals surface area contributed by atoms with Crippen molar-refractivity contribution in [2.75, 3.05) is 26.2 Å². The van der Waals surface area contributed by atoms with Crippen LogP contribution < -0.4 is 5.73 Å². The van der Waals surface area contributed by atoms with E-state index in [0.29, 0.717) is 12.5 Å². The second-order valence-corrected chi connectivity index (χ2v) is 6.66. The summed E-state index contributed by atoms with van der Waals surface area (Å²) in [7, 11) is 0. The molecule has 0 aromatic carbocycles. The van der Waals surface area contributed by atoms with Gasteiger partial charge in [0.15, 0.2) is 0 Å². The minimum atomic E-state index is -0.723. The van der Waals surface area contributed by atoms with Gasteiger partial charge in [-0.15, -0.1) is 0 Å². The number of hydrogen-bond acceptors (Lipinski definition) is 4. The molecule has 1 aliphatic carbocycles. The first-order valence-electron chi connectivity index (χ1n) is 8.24. The summed E-state index contributed by atoms with van der Waals surface area (Å²) in [6, 6.07) is 0. The van der Waals surface area contributed by atoms with E-state index in [2.05, 4.69) is 11.8 Å². The van der Waals surface area contributed by atoms with E-state index in [1.807, 2.05) is 6.92 Å². The number of nitrogens with two attached hydrogens (primary N) is 1. The normalized spacial score (nSPS) is 32.5. The molecule has 116 valence electrons. The first-order valence-corrected chi connectivity index (χ1v) is 8.24. The third-order valence-electron chi connectivity index (χ3n) is 5.20. The van der Waals surface area contributed by atoms with Crippen LogP contribution in [0.15, 0.2) is 0 Å². The molecule has 2 aliphatic rings. The van der Waals surface area contributed by atoms with Gasteiger partial charge in [0.1, 0.15) is 5.54 Å². The van der Waals surface area contributed by atoms with Crippen LogP contribution in [-0.4, -0.2) is 42.6 Å². The summed E-state index contributed by atoms with van der Waals surface area (Å²) in [5.74, 6) is 0.974. The Hall–Kier alpha value is -0.610. The summed E-state index contributed by atoms with van der Waals surface area (Å²) in [5, 5.41) is 0. The number of nitrogens with zero attached hydrogens (tertiary/aromatic N) is 1. The van der Waals surface area contributed by atoms with E-state index in [1.54, 1.807) is 0 Å². The topological polar surface area (TPSA) is 55.6 Å². The van der Waals surface area contributed by atoms with Gasteiger partial charge in [0, 0.05) is 0 Å². The average molecular weight is 282 g/mol. The van der Waals surface area contributed by atoms with Crippen LogP contribution in [-0.2, 0) is 9.53 Å². The number of hydrogen-bond donors (Lipinski definition) is 1. The summed E-state index contributed by atoms with van der Waals surface area (Å²) >= 11 is 0. The third kappa shape index (κ3) is 3.53. The molecule has 0 amide bonds. The van der Waals surface area contributed by atoms with Crippen LogP contribution >= 0.6 is 0 Å². The van der Waals surface area contributed by atoms with Crippen molar-refractivity contribution in [1.29, 1.82) is 0 Å². The number of carbonyl (C=O) groups excluding carboxylic acids is 1. The van der Waals surface area contributed by atoms with Gasteiger partial charge in [0.25, 0.3) is 0 Å². The summed E-state index contributed by atoms with van der Waals surface area (Å²) in [6.45, 7) is 8.08. The monoisotopic (exact) mass is 282 g/mol. The van der Waals surface area contributed by atoms with Crippen LogP contribution in [0.3, 0.4) is 0 Å².